The highest BCUT2D eigenvalue weighted by Gasteiger charge is 2.19. The number of methoxy groups -OCH3 is 1. The number of pyridine rings is 1. The molecule has 0 radical (unpaired) electrons. The Morgan fingerprint density at radius 1 is 1.29 bits per heavy atom. The molecule has 0 fully saturated rings. The molecule has 0 aromatic carbocycles. The van der Waals surface area contributed by atoms with E-state index in [0.717, 1.165) is 21.3 Å². The zero-order valence-corrected chi connectivity index (χ0v) is 10.7. The van der Waals surface area contributed by atoms with Crippen LogP contribution in [0.3, 0.4) is 0 Å². The first-order valence-corrected chi connectivity index (χ1v) is 5.93. The molecule has 0 spiro atoms. The third-order valence-electron chi connectivity index (χ3n) is 2.23. The van der Waals surface area contributed by atoms with Gasteiger partial charge in [-0.25, -0.2) is 9.78 Å². The summed E-state index contributed by atoms with van der Waals surface area (Å²) < 4.78 is 4.72. The smallest absolute Gasteiger partial charge is 0.358 e. The molecule has 0 N–H and O–H groups in total. The molecule has 0 saturated heterocycles. The van der Waals surface area contributed by atoms with E-state index in [1.54, 1.807) is 0 Å². The lowest BCUT2D eigenvalue weighted by molar-refractivity contribution is 0.0595. The van der Waals surface area contributed by atoms with Gasteiger partial charge >= 0.3 is 5.97 Å². The molecule has 0 unspecified atom stereocenters. The molecule has 2 aromatic rings. The first-order valence-electron chi connectivity index (χ1n) is 5.11. The number of esters is 1. The number of ether oxygens (including phenoxy) is 1. The minimum atomic E-state index is -0.423. The molecule has 2 heterocycles. The van der Waals surface area contributed by atoms with Crippen molar-refractivity contribution in [1.82, 2.24) is 9.97 Å². The fraction of sp³-hybridized carbons (Fsp3) is 0.250. The fourth-order valence-electron chi connectivity index (χ4n) is 1.51. The van der Waals surface area contributed by atoms with Gasteiger partial charge in [0.1, 0.15) is 0 Å². The van der Waals surface area contributed by atoms with Crippen molar-refractivity contribution in [3.8, 4) is 10.6 Å². The SMILES string of the molecule is COC(=O)c1nc(C)sc1-c1cccc(C)n1. The molecule has 0 saturated carbocycles. The molecule has 0 amide bonds. The van der Waals surface area contributed by atoms with E-state index < -0.39 is 5.97 Å². The molecule has 0 aliphatic carbocycles. The molecule has 88 valence electrons. The summed E-state index contributed by atoms with van der Waals surface area (Å²) in [7, 11) is 1.35. The van der Waals surface area contributed by atoms with E-state index in [1.807, 2.05) is 32.0 Å². The molecule has 0 aliphatic heterocycles. The summed E-state index contributed by atoms with van der Waals surface area (Å²) in [4.78, 5) is 21.0. The van der Waals surface area contributed by atoms with Crippen molar-refractivity contribution >= 4 is 17.3 Å². The Labute approximate surface area is 103 Å². The predicted molar refractivity (Wildman–Crippen MR) is 66.2 cm³/mol. The number of aromatic nitrogens is 2. The van der Waals surface area contributed by atoms with Gasteiger partial charge in [0.05, 0.1) is 22.7 Å². The summed E-state index contributed by atoms with van der Waals surface area (Å²) in [6.45, 7) is 3.77. The lowest BCUT2D eigenvalue weighted by Crippen LogP contribution is -2.03. The molecular formula is C12H12N2O2S. The van der Waals surface area contributed by atoms with Crippen molar-refractivity contribution in [2.45, 2.75) is 13.8 Å². The average molecular weight is 248 g/mol. The van der Waals surface area contributed by atoms with Crippen LogP contribution in [0, 0.1) is 13.8 Å². The number of hydrogen-bond donors (Lipinski definition) is 0. The summed E-state index contributed by atoms with van der Waals surface area (Å²) in [5, 5.41) is 0.823. The van der Waals surface area contributed by atoms with E-state index in [0.29, 0.717) is 5.69 Å². The van der Waals surface area contributed by atoms with Gasteiger partial charge in [0, 0.05) is 5.69 Å². The first kappa shape index (κ1) is 11.7. The Morgan fingerprint density at radius 2 is 2.06 bits per heavy atom. The molecule has 4 nitrogen and oxygen atoms in total. The number of hydrogen-bond acceptors (Lipinski definition) is 5. The second kappa shape index (κ2) is 4.63. The standard InChI is InChI=1S/C12H12N2O2S/c1-7-5-4-6-9(13-7)11-10(12(15)16-3)14-8(2)17-11/h4-6H,1-3H3. The highest BCUT2D eigenvalue weighted by Crippen LogP contribution is 2.29. The van der Waals surface area contributed by atoms with Crippen LogP contribution in [0.1, 0.15) is 21.2 Å². The van der Waals surface area contributed by atoms with Gasteiger partial charge in [-0.2, -0.15) is 0 Å². The lowest BCUT2D eigenvalue weighted by Gasteiger charge is -2.01. The highest BCUT2D eigenvalue weighted by atomic mass is 32.1. The van der Waals surface area contributed by atoms with Gasteiger partial charge in [-0.15, -0.1) is 11.3 Å². The van der Waals surface area contributed by atoms with Gasteiger partial charge in [0.2, 0.25) is 0 Å². The predicted octanol–water partition coefficient (Wildman–Crippen LogP) is 2.61. The Balaban J connectivity index is 2.55. The van der Waals surface area contributed by atoms with Crippen LogP contribution in [0.5, 0.6) is 0 Å². The maximum atomic E-state index is 11.6. The van der Waals surface area contributed by atoms with Crippen molar-refractivity contribution in [2.24, 2.45) is 0 Å². The Hall–Kier alpha value is -1.75. The maximum absolute atomic E-state index is 11.6. The maximum Gasteiger partial charge on any atom is 0.358 e. The zero-order valence-electron chi connectivity index (χ0n) is 9.85. The zero-order chi connectivity index (χ0) is 12.4. The molecule has 0 bridgehead atoms. The van der Waals surface area contributed by atoms with Crippen LogP contribution in [0.4, 0.5) is 0 Å². The number of carbonyl (C=O) groups is 1. The van der Waals surface area contributed by atoms with Crippen molar-refractivity contribution in [3.05, 3.63) is 34.6 Å². The minimum Gasteiger partial charge on any atom is -0.464 e. The molecule has 5 heteroatoms. The largest absolute Gasteiger partial charge is 0.464 e. The molecular weight excluding hydrogens is 236 g/mol. The van der Waals surface area contributed by atoms with Crippen LogP contribution >= 0.6 is 11.3 Å². The first-order chi connectivity index (χ1) is 8.11. The van der Waals surface area contributed by atoms with Gasteiger partial charge in [0.25, 0.3) is 0 Å². The normalized spacial score (nSPS) is 10.3. The topological polar surface area (TPSA) is 52.1 Å². The van der Waals surface area contributed by atoms with Crippen LogP contribution in [0.2, 0.25) is 0 Å². The lowest BCUT2D eigenvalue weighted by atomic mass is 10.2. The van der Waals surface area contributed by atoms with E-state index in [2.05, 4.69) is 9.97 Å². The summed E-state index contributed by atoms with van der Waals surface area (Å²) in [5.41, 5.74) is 2.01. The fourth-order valence-corrected chi connectivity index (χ4v) is 2.38. The van der Waals surface area contributed by atoms with Crippen LogP contribution < -0.4 is 0 Å². The van der Waals surface area contributed by atoms with E-state index >= 15 is 0 Å². The average Bonchev–Trinajstić information content (AvgIpc) is 2.70. The monoisotopic (exact) mass is 248 g/mol. The Bertz CT molecular complexity index is 563. The van der Waals surface area contributed by atoms with E-state index in [-0.39, 0.29) is 0 Å². The summed E-state index contributed by atoms with van der Waals surface area (Å²) in [6, 6.07) is 5.69. The summed E-state index contributed by atoms with van der Waals surface area (Å²) in [5.74, 6) is -0.423. The molecule has 17 heavy (non-hydrogen) atoms. The van der Waals surface area contributed by atoms with Crippen LogP contribution in [-0.2, 0) is 4.74 Å². The van der Waals surface area contributed by atoms with E-state index in [4.69, 9.17) is 4.74 Å². The van der Waals surface area contributed by atoms with E-state index in [1.165, 1.54) is 18.4 Å². The second-order valence-corrected chi connectivity index (χ2v) is 4.77. The van der Waals surface area contributed by atoms with Crippen molar-refractivity contribution in [3.63, 3.8) is 0 Å². The Morgan fingerprint density at radius 3 is 2.71 bits per heavy atom. The minimum absolute atomic E-state index is 0.341. The third-order valence-corrected chi connectivity index (χ3v) is 3.23. The van der Waals surface area contributed by atoms with Crippen LogP contribution in [0.25, 0.3) is 10.6 Å². The van der Waals surface area contributed by atoms with Gasteiger partial charge in [-0.05, 0) is 26.0 Å². The van der Waals surface area contributed by atoms with Crippen LogP contribution in [0.15, 0.2) is 18.2 Å². The number of thiazole rings is 1. The van der Waals surface area contributed by atoms with E-state index in [9.17, 15) is 4.79 Å². The number of rotatable bonds is 2. The second-order valence-electron chi connectivity index (χ2n) is 3.57. The quantitative estimate of drug-likeness (QED) is 0.766. The number of nitrogens with zero attached hydrogens (tertiary/aromatic N) is 2. The van der Waals surface area contributed by atoms with Crippen molar-refractivity contribution in [1.29, 1.82) is 0 Å². The highest BCUT2D eigenvalue weighted by molar-refractivity contribution is 7.15. The third kappa shape index (κ3) is 2.34. The van der Waals surface area contributed by atoms with Crippen molar-refractivity contribution in [2.75, 3.05) is 7.11 Å². The van der Waals surface area contributed by atoms with Gasteiger partial charge in [-0.3, -0.25) is 4.98 Å². The van der Waals surface area contributed by atoms with Crippen molar-refractivity contribution < 1.29 is 9.53 Å². The summed E-state index contributed by atoms with van der Waals surface area (Å²) in [6.07, 6.45) is 0. The number of aryl methyl sites for hydroxylation is 2. The van der Waals surface area contributed by atoms with Crippen LogP contribution in [-0.4, -0.2) is 23.0 Å². The van der Waals surface area contributed by atoms with Gasteiger partial charge in [-0.1, -0.05) is 6.07 Å². The molecule has 2 aromatic heterocycles. The van der Waals surface area contributed by atoms with Gasteiger partial charge in [0.15, 0.2) is 5.69 Å². The molecule has 0 aliphatic rings. The Kier molecular flexibility index (Phi) is 3.19. The molecule has 0 atom stereocenters. The molecule has 2 rings (SSSR count). The summed E-state index contributed by atoms with van der Waals surface area (Å²) >= 11 is 1.45. The number of carbonyl (C=O) groups excluding carboxylic acids is 1. The van der Waals surface area contributed by atoms with Gasteiger partial charge < -0.3 is 4.74 Å².